The molecule has 4 heteroatoms. The fourth-order valence-electron chi connectivity index (χ4n) is 2.88. The molecule has 0 unspecified atom stereocenters. The largest absolute Gasteiger partial charge is 0.384 e. The molecule has 0 saturated heterocycles. The first-order valence-electron chi connectivity index (χ1n) is 7.29. The second-order valence-corrected chi connectivity index (χ2v) is 6.03. The van der Waals surface area contributed by atoms with Crippen LogP contribution in [-0.2, 0) is 14.1 Å². The average molecular weight is 282 g/mol. The van der Waals surface area contributed by atoms with Crippen LogP contribution in [0.15, 0.2) is 24.3 Å². The van der Waals surface area contributed by atoms with Gasteiger partial charge in [0, 0.05) is 42.3 Å². The molecule has 0 aliphatic heterocycles. The lowest BCUT2D eigenvalue weighted by Crippen LogP contribution is -1.96. The first-order chi connectivity index (χ1) is 9.90. The van der Waals surface area contributed by atoms with Crippen molar-refractivity contribution in [3.63, 3.8) is 0 Å². The van der Waals surface area contributed by atoms with Crippen LogP contribution < -0.4 is 5.73 Å². The van der Waals surface area contributed by atoms with Gasteiger partial charge in [0.2, 0.25) is 0 Å². The summed E-state index contributed by atoms with van der Waals surface area (Å²) in [6.45, 7) is 6.57. The summed E-state index contributed by atoms with van der Waals surface area (Å²) in [4.78, 5) is 0. The van der Waals surface area contributed by atoms with Crippen LogP contribution in [-0.4, -0.2) is 14.3 Å². The van der Waals surface area contributed by atoms with E-state index in [-0.39, 0.29) is 0 Å². The molecule has 110 valence electrons. The Bertz CT molecular complexity index is 802. The molecule has 3 rings (SSSR count). The van der Waals surface area contributed by atoms with Crippen LogP contribution in [0.3, 0.4) is 0 Å². The van der Waals surface area contributed by atoms with Gasteiger partial charge < -0.3 is 10.3 Å². The van der Waals surface area contributed by atoms with Gasteiger partial charge in [0.15, 0.2) is 0 Å². The third-order valence-corrected chi connectivity index (χ3v) is 4.36. The van der Waals surface area contributed by atoms with Gasteiger partial charge in [-0.1, -0.05) is 19.9 Å². The molecular formula is C17H22N4. The number of hydrogen-bond acceptors (Lipinski definition) is 2. The van der Waals surface area contributed by atoms with Crippen molar-refractivity contribution in [1.82, 2.24) is 14.3 Å². The molecule has 0 aliphatic carbocycles. The zero-order valence-electron chi connectivity index (χ0n) is 13.3. The number of anilines is 1. The Balaban J connectivity index is 2.34. The average Bonchev–Trinajstić information content (AvgIpc) is 2.88. The molecule has 0 amide bonds. The second kappa shape index (κ2) is 4.65. The Morgan fingerprint density at radius 3 is 2.43 bits per heavy atom. The Morgan fingerprint density at radius 1 is 1.14 bits per heavy atom. The number of hydrogen-bond donors (Lipinski definition) is 1. The van der Waals surface area contributed by atoms with Crippen molar-refractivity contribution in [3.05, 3.63) is 35.5 Å². The van der Waals surface area contributed by atoms with E-state index in [0.717, 1.165) is 5.69 Å². The van der Waals surface area contributed by atoms with Gasteiger partial charge >= 0.3 is 0 Å². The lowest BCUT2D eigenvalue weighted by atomic mass is 9.99. The molecule has 0 radical (unpaired) electrons. The topological polar surface area (TPSA) is 48.8 Å². The highest BCUT2D eigenvalue weighted by Gasteiger charge is 2.17. The van der Waals surface area contributed by atoms with Crippen LogP contribution in [0.1, 0.15) is 31.0 Å². The summed E-state index contributed by atoms with van der Waals surface area (Å²) in [5, 5.41) is 5.81. The monoisotopic (exact) mass is 282 g/mol. The predicted octanol–water partition coefficient (Wildman–Crippen LogP) is 3.59. The number of nitrogen functional groups attached to an aromatic ring is 1. The maximum absolute atomic E-state index is 5.95. The van der Waals surface area contributed by atoms with Crippen LogP contribution >= 0.6 is 0 Å². The lowest BCUT2D eigenvalue weighted by molar-refractivity contribution is 0.782. The Kier molecular flexibility index (Phi) is 3.04. The number of benzene rings is 1. The standard InChI is InChI=1S/C17H22N4/c1-10(2)12-6-7-15-13(8-12)17(11(3)20(15)4)14-9-16(18)21(5)19-14/h6-10H,18H2,1-5H3. The molecule has 1 aromatic carbocycles. The summed E-state index contributed by atoms with van der Waals surface area (Å²) in [6.07, 6.45) is 0. The predicted molar refractivity (Wildman–Crippen MR) is 88.4 cm³/mol. The van der Waals surface area contributed by atoms with Crippen LogP contribution in [0.25, 0.3) is 22.2 Å². The molecule has 3 aromatic rings. The van der Waals surface area contributed by atoms with E-state index in [1.165, 1.54) is 27.7 Å². The van der Waals surface area contributed by atoms with E-state index in [1.54, 1.807) is 4.68 Å². The number of aromatic nitrogens is 3. The van der Waals surface area contributed by atoms with Gasteiger partial charge in [0.1, 0.15) is 5.82 Å². The first-order valence-corrected chi connectivity index (χ1v) is 7.29. The zero-order chi connectivity index (χ0) is 15.3. The van der Waals surface area contributed by atoms with Crippen molar-refractivity contribution in [1.29, 1.82) is 0 Å². The molecule has 0 atom stereocenters. The highest BCUT2D eigenvalue weighted by Crippen LogP contribution is 2.35. The van der Waals surface area contributed by atoms with E-state index in [9.17, 15) is 0 Å². The molecule has 0 aliphatic rings. The van der Waals surface area contributed by atoms with Crippen molar-refractivity contribution in [3.8, 4) is 11.3 Å². The van der Waals surface area contributed by atoms with Gasteiger partial charge in [-0.3, -0.25) is 4.68 Å². The Labute approximate surface area is 125 Å². The Hall–Kier alpha value is -2.23. The van der Waals surface area contributed by atoms with Crippen molar-refractivity contribution < 1.29 is 0 Å². The maximum Gasteiger partial charge on any atom is 0.121 e. The fourth-order valence-corrected chi connectivity index (χ4v) is 2.88. The quantitative estimate of drug-likeness (QED) is 0.781. The van der Waals surface area contributed by atoms with Gasteiger partial charge in [-0.15, -0.1) is 0 Å². The van der Waals surface area contributed by atoms with Crippen LogP contribution in [0.2, 0.25) is 0 Å². The molecule has 2 aromatic heterocycles. The van der Waals surface area contributed by atoms with Crippen molar-refractivity contribution >= 4 is 16.7 Å². The zero-order valence-corrected chi connectivity index (χ0v) is 13.3. The van der Waals surface area contributed by atoms with E-state index in [4.69, 9.17) is 5.73 Å². The molecule has 2 heterocycles. The molecular weight excluding hydrogens is 260 g/mol. The molecule has 0 saturated carbocycles. The van der Waals surface area contributed by atoms with Gasteiger partial charge in [-0.25, -0.2) is 0 Å². The van der Waals surface area contributed by atoms with Crippen LogP contribution in [0.5, 0.6) is 0 Å². The normalized spacial score (nSPS) is 11.7. The van der Waals surface area contributed by atoms with Gasteiger partial charge in [-0.05, 0) is 30.5 Å². The van der Waals surface area contributed by atoms with E-state index in [2.05, 4.69) is 55.7 Å². The van der Waals surface area contributed by atoms with Crippen molar-refractivity contribution in [2.24, 2.45) is 14.1 Å². The van der Waals surface area contributed by atoms with Gasteiger partial charge in [0.05, 0.1) is 5.69 Å². The van der Waals surface area contributed by atoms with Crippen LogP contribution in [0, 0.1) is 6.92 Å². The van der Waals surface area contributed by atoms with E-state index < -0.39 is 0 Å². The number of nitrogens with zero attached hydrogens (tertiary/aromatic N) is 3. The summed E-state index contributed by atoms with van der Waals surface area (Å²) in [7, 11) is 3.97. The van der Waals surface area contributed by atoms with Gasteiger partial charge in [-0.2, -0.15) is 5.10 Å². The minimum Gasteiger partial charge on any atom is -0.384 e. The third kappa shape index (κ3) is 2.02. The summed E-state index contributed by atoms with van der Waals surface area (Å²) < 4.78 is 3.94. The molecule has 4 nitrogen and oxygen atoms in total. The smallest absolute Gasteiger partial charge is 0.121 e. The van der Waals surface area contributed by atoms with Crippen molar-refractivity contribution in [2.45, 2.75) is 26.7 Å². The molecule has 0 fully saturated rings. The maximum atomic E-state index is 5.95. The third-order valence-electron chi connectivity index (χ3n) is 4.36. The highest BCUT2D eigenvalue weighted by atomic mass is 15.3. The molecule has 2 N–H and O–H groups in total. The number of aryl methyl sites for hydroxylation is 2. The Morgan fingerprint density at radius 2 is 1.86 bits per heavy atom. The summed E-state index contributed by atoms with van der Waals surface area (Å²) >= 11 is 0. The van der Waals surface area contributed by atoms with Crippen LogP contribution in [0.4, 0.5) is 5.82 Å². The number of fused-ring (bicyclic) bond motifs is 1. The SMILES string of the molecule is Cc1c(-c2cc(N)n(C)n2)c2cc(C(C)C)ccc2n1C. The molecule has 0 spiro atoms. The van der Waals surface area contributed by atoms with Gasteiger partial charge in [0.25, 0.3) is 0 Å². The minimum atomic E-state index is 0.511. The van der Waals surface area contributed by atoms with Crippen molar-refractivity contribution in [2.75, 3.05) is 5.73 Å². The highest BCUT2D eigenvalue weighted by molar-refractivity contribution is 5.97. The number of rotatable bonds is 2. The minimum absolute atomic E-state index is 0.511. The van der Waals surface area contributed by atoms with E-state index >= 15 is 0 Å². The lowest BCUT2D eigenvalue weighted by Gasteiger charge is -2.06. The van der Waals surface area contributed by atoms with E-state index in [1.807, 2.05) is 13.1 Å². The number of nitrogens with two attached hydrogens (primary N) is 1. The summed E-state index contributed by atoms with van der Waals surface area (Å²) in [6, 6.07) is 8.65. The molecule has 21 heavy (non-hydrogen) atoms. The summed E-state index contributed by atoms with van der Waals surface area (Å²) in [5.74, 6) is 1.19. The second-order valence-electron chi connectivity index (χ2n) is 6.03. The first kappa shape index (κ1) is 13.7. The summed E-state index contributed by atoms with van der Waals surface area (Å²) in [5.41, 5.74) is 11.9. The van der Waals surface area contributed by atoms with E-state index in [0.29, 0.717) is 11.7 Å². The fraction of sp³-hybridized carbons (Fsp3) is 0.353. The molecule has 0 bridgehead atoms.